The molecule has 0 amide bonds. The molecule has 74 valence electrons. The second kappa shape index (κ2) is 4.46. The van der Waals surface area contributed by atoms with E-state index in [-0.39, 0.29) is 5.70 Å². The molecule has 0 fully saturated rings. The Kier molecular flexibility index (Phi) is 3.29. The van der Waals surface area contributed by atoms with Crippen molar-refractivity contribution >= 4 is 11.5 Å². The topological polar surface area (TPSA) is 63.3 Å². The largest absolute Gasteiger partial charge is 0.477 e. The van der Waals surface area contributed by atoms with E-state index in [1.165, 1.54) is 0 Å². The highest BCUT2D eigenvalue weighted by atomic mass is 16.4. The van der Waals surface area contributed by atoms with Crippen LogP contribution in [0, 0.1) is 0 Å². The molecular weight excluding hydrogens is 178 g/mol. The zero-order valence-electron chi connectivity index (χ0n) is 8.03. The van der Waals surface area contributed by atoms with Gasteiger partial charge in [0.1, 0.15) is 5.70 Å². The van der Waals surface area contributed by atoms with Crippen molar-refractivity contribution in [2.45, 2.75) is 13.3 Å². The summed E-state index contributed by atoms with van der Waals surface area (Å²) in [6.45, 7) is 1.89. The Bertz CT molecular complexity index is 355. The monoisotopic (exact) mass is 191 g/mol. The predicted octanol–water partition coefficient (Wildman–Crippen LogP) is 1.85. The quantitative estimate of drug-likeness (QED) is 0.716. The van der Waals surface area contributed by atoms with E-state index in [4.69, 9.17) is 10.8 Å². The molecule has 0 saturated heterocycles. The fourth-order valence-corrected chi connectivity index (χ4v) is 1.32. The Labute approximate surface area is 82.9 Å². The lowest BCUT2D eigenvalue weighted by Gasteiger charge is -2.06. The van der Waals surface area contributed by atoms with Crippen LogP contribution in [0.2, 0.25) is 0 Å². The minimum atomic E-state index is -1.06. The summed E-state index contributed by atoms with van der Waals surface area (Å²) in [7, 11) is 0. The third-order valence-corrected chi connectivity index (χ3v) is 2.03. The van der Waals surface area contributed by atoms with Gasteiger partial charge in [0.25, 0.3) is 0 Å². The fourth-order valence-electron chi connectivity index (χ4n) is 1.32. The Morgan fingerprint density at radius 2 is 1.93 bits per heavy atom. The van der Waals surface area contributed by atoms with Crippen molar-refractivity contribution in [1.29, 1.82) is 0 Å². The number of allylic oxidation sites excluding steroid dienone is 1. The molecule has 1 rings (SSSR count). The SMILES string of the molecule is CCC(=C(N)C(=O)O)c1ccccc1. The summed E-state index contributed by atoms with van der Waals surface area (Å²) >= 11 is 0. The summed E-state index contributed by atoms with van der Waals surface area (Å²) in [5.74, 6) is -1.06. The third-order valence-electron chi connectivity index (χ3n) is 2.03. The molecule has 0 bridgehead atoms. The average Bonchev–Trinajstić information content (AvgIpc) is 2.20. The van der Waals surface area contributed by atoms with Crippen LogP contribution in [0.25, 0.3) is 5.57 Å². The van der Waals surface area contributed by atoms with Crippen LogP contribution in [0.15, 0.2) is 36.0 Å². The van der Waals surface area contributed by atoms with Gasteiger partial charge in [0.15, 0.2) is 0 Å². The van der Waals surface area contributed by atoms with Crippen LogP contribution in [0.3, 0.4) is 0 Å². The summed E-state index contributed by atoms with van der Waals surface area (Å²) in [5.41, 5.74) is 6.96. The van der Waals surface area contributed by atoms with Gasteiger partial charge in [0, 0.05) is 0 Å². The van der Waals surface area contributed by atoms with Crippen LogP contribution >= 0.6 is 0 Å². The number of hydrogen-bond acceptors (Lipinski definition) is 2. The average molecular weight is 191 g/mol. The van der Waals surface area contributed by atoms with Gasteiger partial charge in [-0.15, -0.1) is 0 Å². The molecule has 0 aliphatic carbocycles. The molecule has 0 aliphatic rings. The number of nitrogens with two attached hydrogens (primary N) is 1. The van der Waals surface area contributed by atoms with Crippen LogP contribution in [0.4, 0.5) is 0 Å². The molecule has 0 unspecified atom stereocenters. The summed E-state index contributed by atoms with van der Waals surface area (Å²) in [6.07, 6.45) is 0.613. The van der Waals surface area contributed by atoms with Crippen LogP contribution in [-0.4, -0.2) is 11.1 Å². The van der Waals surface area contributed by atoms with E-state index in [9.17, 15) is 4.79 Å². The highest BCUT2D eigenvalue weighted by molar-refractivity contribution is 5.95. The molecular formula is C11H13NO2. The van der Waals surface area contributed by atoms with Crippen molar-refractivity contribution in [2.24, 2.45) is 5.73 Å². The number of carboxylic acid groups (broad SMARTS) is 1. The van der Waals surface area contributed by atoms with E-state index < -0.39 is 5.97 Å². The van der Waals surface area contributed by atoms with E-state index in [0.717, 1.165) is 5.56 Å². The van der Waals surface area contributed by atoms with E-state index >= 15 is 0 Å². The highest BCUT2D eigenvalue weighted by Crippen LogP contribution is 2.19. The number of hydrogen-bond donors (Lipinski definition) is 2. The second-order valence-corrected chi connectivity index (χ2v) is 2.92. The first kappa shape index (κ1) is 10.3. The van der Waals surface area contributed by atoms with Crippen molar-refractivity contribution in [3.8, 4) is 0 Å². The third kappa shape index (κ3) is 2.13. The molecule has 0 aromatic heterocycles. The number of carboxylic acids is 1. The maximum Gasteiger partial charge on any atom is 0.352 e. The first-order valence-electron chi connectivity index (χ1n) is 4.44. The second-order valence-electron chi connectivity index (χ2n) is 2.92. The zero-order chi connectivity index (χ0) is 10.6. The number of benzene rings is 1. The van der Waals surface area contributed by atoms with Gasteiger partial charge < -0.3 is 10.8 Å². The smallest absolute Gasteiger partial charge is 0.352 e. The minimum absolute atomic E-state index is 0.0706. The lowest BCUT2D eigenvalue weighted by Crippen LogP contribution is -2.12. The summed E-state index contributed by atoms with van der Waals surface area (Å²) in [4.78, 5) is 10.7. The molecule has 3 N–H and O–H groups in total. The normalized spacial score (nSPS) is 12.1. The zero-order valence-corrected chi connectivity index (χ0v) is 8.03. The molecule has 1 aromatic carbocycles. The Morgan fingerprint density at radius 1 is 1.36 bits per heavy atom. The van der Waals surface area contributed by atoms with Gasteiger partial charge in [-0.2, -0.15) is 0 Å². The van der Waals surface area contributed by atoms with Gasteiger partial charge in [-0.05, 0) is 17.6 Å². The number of aliphatic carboxylic acids is 1. The van der Waals surface area contributed by atoms with Gasteiger partial charge in [0.2, 0.25) is 0 Å². The van der Waals surface area contributed by atoms with Crippen molar-refractivity contribution in [3.05, 3.63) is 41.6 Å². The predicted molar refractivity (Wildman–Crippen MR) is 55.5 cm³/mol. The van der Waals surface area contributed by atoms with Gasteiger partial charge in [0.05, 0.1) is 0 Å². The summed E-state index contributed by atoms with van der Waals surface area (Å²) in [6, 6.07) is 9.32. The molecule has 0 spiro atoms. The maximum atomic E-state index is 10.7. The van der Waals surface area contributed by atoms with E-state index in [1.54, 1.807) is 0 Å². The number of carbonyl (C=O) groups is 1. The van der Waals surface area contributed by atoms with Crippen molar-refractivity contribution < 1.29 is 9.90 Å². The van der Waals surface area contributed by atoms with Crippen molar-refractivity contribution in [2.75, 3.05) is 0 Å². The molecule has 1 aromatic rings. The van der Waals surface area contributed by atoms with Crippen molar-refractivity contribution in [1.82, 2.24) is 0 Å². The van der Waals surface area contributed by atoms with Crippen LogP contribution in [0.5, 0.6) is 0 Å². The molecule has 14 heavy (non-hydrogen) atoms. The molecule has 0 saturated carbocycles. The van der Waals surface area contributed by atoms with Gasteiger partial charge in [-0.3, -0.25) is 0 Å². The highest BCUT2D eigenvalue weighted by Gasteiger charge is 2.09. The lowest BCUT2D eigenvalue weighted by atomic mass is 10.0. The van der Waals surface area contributed by atoms with E-state index in [2.05, 4.69) is 0 Å². The Balaban J connectivity index is 3.17. The Morgan fingerprint density at radius 3 is 2.36 bits per heavy atom. The summed E-state index contributed by atoms with van der Waals surface area (Å²) < 4.78 is 0. The molecule has 0 aliphatic heterocycles. The molecule has 0 radical (unpaired) electrons. The fraction of sp³-hybridized carbons (Fsp3) is 0.182. The van der Waals surface area contributed by atoms with Crippen LogP contribution in [-0.2, 0) is 4.79 Å². The van der Waals surface area contributed by atoms with E-state index in [1.807, 2.05) is 37.3 Å². The number of rotatable bonds is 3. The lowest BCUT2D eigenvalue weighted by molar-refractivity contribution is -0.132. The standard InChI is InChI=1S/C11H13NO2/c1-2-9(10(12)11(13)14)8-6-4-3-5-7-8/h3-7H,2,12H2,1H3,(H,13,14). The minimum Gasteiger partial charge on any atom is -0.477 e. The first-order valence-corrected chi connectivity index (χ1v) is 4.44. The maximum absolute atomic E-state index is 10.7. The van der Waals surface area contributed by atoms with Gasteiger partial charge >= 0.3 is 5.97 Å². The molecule has 3 heteroatoms. The molecule has 0 heterocycles. The van der Waals surface area contributed by atoms with Crippen molar-refractivity contribution in [3.63, 3.8) is 0 Å². The molecule has 0 atom stereocenters. The first-order chi connectivity index (χ1) is 6.66. The molecule has 3 nitrogen and oxygen atoms in total. The van der Waals surface area contributed by atoms with Gasteiger partial charge in [-0.25, -0.2) is 4.79 Å². The van der Waals surface area contributed by atoms with Crippen LogP contribution in [0.1, 0.15) is 18.9 Å². The van der Waals surface area contributed by atoms with Gasteiger partial charge in [-0.1, -0.05) is 37.3 Å². The summed E-state index contributed by atoms with van der Waals surface area (Å²) in [5, 5.41) is 8.76. The van der Waals surface area contributed by atoms with E-state index in [0.29, 0.717) is 12.0 Å². The Hall–Kier alpha value is -1.77. The van der Waals surface area contributed by atoms with Crippen LogP contribution < -0.4 is 5.73 Å².